The molecule has 0 saturated heterocycles. The Labute approximate surface area is 79.3 Å². The van der Waals surface area contributed by atoms with Crippen molar-refractivity contribution < 1.29 is 14.6 Å². The minimum Gasteiger partial charge on any atom is -0.450 e. The summed E-state index contributed by atoms with van der Waals surface area (Å²) in [6.45, 7) is 3.28. The summed E-state index contributed by atoms with van der Waals surface area (Å²) in [7, 11) is 0. The minimum atomic E-state index is -0.355. The highest BCUT2D eigenvalue weighted by Crippen LogP contribution is 1.89. The molecule has 0 aromatic carbocycles. The monoisotopic (exact) mass is 189 g/mol. The van der Waals surface area contributed by atoms with Gasteiger partial charge in [-0.1, -0.05) is 13.3 Å². The van der Waals surface area contributed by atoms with Crippen LogP contribution in [0.1, 0.15) is 32.6 Å². The molecule has 0 aliphatic rings. The van der Waals surface area contributed by atoms with Crippen molar-refractivity contribution in [3.05, 3.63) is 0 Å². The van der Waals surface area contributed by atoms with E-state index in [2.05, 4.69) is 5.32 Å². The second-order valence-electron chi connectivity index (χ2n) is 2.85. The van der Waals surface area contributed by atoms with E-state index in [0.29, 0.717) is 13.2 Å². The zero-order valence-electron chi connectivity index (χ0n) is 8.21. The van der Waals surface area contributed by atoms with Crippen LogP contribution in [0.15, 0.2) is 0 Å². The molecule has 0 aliphatic carbocycles. The van der Waals surface area contributed by atoms with E-state index in [9.17, 15) is 4.79 Å². The highest BCUT2D eigenvalue weighted by Gasteiger charge is 1.98. The molecular weight excluding hydrogens is 170 g/mol. The molecule has 1 amide bonds. The van der Waals surface area contributed by atoms with Gasteiger partial charge in [-0.15, -0.1) is 0 Å². The number of ether oxygens (including phenoxy) is 1. The number of carbonyl (C=O) groups is 1. The maximum absolute atomic E-state index is 10.9. The topological polar surface area (TPSA) is 58.6 Å². The van der Waals surface area contributed by atoms with Gasteiger partial charge in [-0.25, -0.2) is 4.79 Å². The number of hydrogen-bond donors (Lipinski definition) is 2. The molecule has 0 heterocycles. The van der Waals surface area contributed by atoms with Crippen LogP contribution in [-0.4, -0.2) is 31.0 Å². The Balaban J connectivity index is 3.11. The standard InChI is InChI=1S/C9H19NO3/c1-2-3-8-13-9(12)10-6-4-5-7-11/h11H,2-8H2,1H3,(H,10,12). The third-order valence-corrected chi connectivity index (χ3v) is 1.59. The number of alkyl carbamates (subject to hydrolysis) is 1. The summed E-state index contributed by atoms with van der Waals surface area (Å²) in [5.74, 6) is 0. The van der Waals surface area contributed by atoms with Gasteiger partial charge in [0.25, 0.3) is 0 Å². The largest absolute Gasteiger partial charge is 0.450 e. The molecule has 0 fully saturated rings. The van der Waals surface area contributed by atoms with E-state index in [1.54, 1.807) is 0 Å². The Kier molecular flexibility index (Phi) is 8.77. The van der Waals surface area contributed by atoms with Crippen LogP contribution in [0.25, 0.3) is 0 Å². The number of rotatable bonds is 7. The van der Waals surface area contributed by atoms with Crippen molar-refractivity contribution in [1.82, 2.24) is 5.32 Å². The van der Waals surface area contributed by atoms with Crippen molar-refractivity contribution in [2.45, 2.75) is 32.6 Å². The molecule has 0 spiro atoms. The molecule has 0 unspecified atom stereocenters. The first-order chi connectivity index (χ1) is 6.31. The summed E-state index contributed by atoms with van der Waals surface area (Å²) >= 11 is 0. The predicted octanol–water partition coefficient (Wildman–Crippen LogP) is 1.29. The average Bonchev–Trinajstić information content (AvgIpc) is 2.13. The molecule has 0 aromatic heterocycles. The zero-order chi connectivity index (χ0) is 9.94. The van der Waals surface area contributed by atoms with Crippen molar-refractivity contribution in [2.75, 3.05) is 19.8 Å². The summed E-state index contributed by atoms with van der Waals surface area (Å²) in [6.07, 6.45) is 3.09. The maximum Gasteiger partial charge on any atom is 0.407 e. The number of aliphatic hydroxyl groups is 1. The Morgan fingerprint density at radius 3 is 2.77 bits per heavy atom. The van der Waals surface area contributed by atoms with Crippen LogP contribution in [0.4, 0.5) is 4.79 Å². The zero-order valence-corrected chi connectivity index (χ0v) is 8.21. The lowest BCUT2D eigenvalue weighted by Gasteiger charge is -2.05. The van der Waals surface area contributed by atoms with Crippen LogP contribution in [0.5, 0.6) is 0 Å². The van der Waals surface area contributed by atoms with E-state index in [-0.39, 0.29) is 12.7 Å². The number of aliphatic hydroxyl groups excluding tert-OH is 1. The van der Waals surface area contributed by atoms with E-state index >= 15 is 0 Å². The van der Waals surface area contributed by atoms with E-state index in [0.717, 1.165) is 25.7 Å². The van der Waals surface area contributed by atoms with Gasteiger partial charge in [0.05, 0.1) is 6.61 Å². The Bertz CT molecular complexity index is 128. The summed E-state index contributed by atoms with van der Waals surface area (Å²) in [6, 6.07) is 0. The second kappa shape index (κ2) is 9.32. The Hall–Kier alpha value is -0.770. The van der Waals surface area contributed by atoms with E-state index in [1.807, 2.05) is 6.92 Å². The molecule has 0 aliphatic heterocycles. The van der Waals surface area contributed by atoms with Crippen LogP contribution >= 0.6 is 0 Å². The number of nitrogens with one attached hydrogen (secondary N) is 1. The van der Waals surface area contributed by atoms with E-state index in [4.69, 9.17) is 9.84 Å². The van der Waals surface area contributed by atoms with Crippen molar-refractivity contribution in [3.8, 4) is 0 Å². The molecule has 0 saturated carbocycles. The van der Waals surface area contributed by atoms with Crippen LogP contribution < -0.4 is 5.32 Å². The minimum absolute atomic E-state index is 0.173. The fourth-order valence-corrected chi connectivity index (χ4v) is 0.787. The van der Waals surface area contributed by atoms with Crippen molar-refractivity contribution in [3.63, 3.8) is 0 Å². The first kappa shape index (κ1) is 12.2. The molecule has 0 rings (SSSR count). The SMILES string of the molecule is CCCCOC(=O)NCCCCO. The molecule has 13 heavy (non-hydrogen) atoms. The van der Waals surface area contributed by atoms with Crippen molar-refractivity contribution in [2.24, 2.45) is 0 Å². The van der Waals surface area contributed by atoms with Crippen LogP contribution in [-0.2, 0) is 4.74 Å². The number of carbonyl (C=O) groups excluding carboxylic acids is 1. The average molecular weight is 189 g/mol. The van der Waals surface area contributed by atoms with Gasteiger partial charge in [0.1, 0.15) is 0 Å². The lowest BCUT2D eigenvalue weighted by Crippen LogP contribution is -2.25. The number of unbranched alkanes of at least 4 members (excludes halogenated alkanes) is 2. The van der Waals surface area contributed by atoms with Crippen molar-refractivity contribution in [1.29, 1.82) is 0 Å². The fraction of sp³-hybridized carbons (Fsp3) is 0.889. The maximum atomic E-state index is 10.9. The Morgan fingerprint density at radius 2 is 2.15 bits per heavy atom. The number of hydrogen-bond acceptors (Lipinski definition) is 3. The third kappa shape index (κ3) is 9.14. The van der Waals surface area contributed by atoms with Gasteiger partial charge < -0.3 is 15.2 Å². The first-order valence-electron chi connectivity index (χ1n) is 4.82. The molecule has 0 radical (unpaired) electrons. The third-order valence-electron chi connectivity index (χ3n) is 1.59. The molecule has 0 bridgehead atoms. The smallest absolute Gasteiger partial charge is 0.407 e. The number of amides is 1. The van der Waals surface area contributed by atoms with Crippen LogP contribution in [0, 0.1) is 0 Å². The highest BCUT2D eigenvalue weighted by molar-refractivity contribution is 5.66. The molecule has 0 aromatic rings. The van der Waals surface area contributed by atoms with Gasteiger partial charge in [-0.05, 0) is 19.3 Å². The molecule has 4 nitrogen and oxygen atoms in total. The van der Waals surface area contributed by atoms with Gasteiger partial charge >= 0.3 is 6.09 Å². The molecule has 0 atom stereocenters. The predicted molar refractivity (Wildman–Crippen MR) is 50.6 cm³/mol. The first-order valence-corrected chi connectivity index (χ1v) is 4.82. The lowest BCUT2D eigenvalue weighted by atomic mass is 10.3. The van der Waals surface area contributed by atoms with Gasteiger partial charge in [0.2, 0.25) is 0 Å². The van der Waals surface area contributed by atoms with E-state index < -0.39 is 0 Å². The van der Waals surface area contributed by atoms with E-state index in [1.165, 1.54) is 0 Å². The quantitative estimate of drug-likeness (QED) is 0.593. The van der Waals surface area contributed by atoms with Crippen LogP contribution in [0.2, 0.25) is 0 Å². The van der Waals surface area contributed by atoms with Gasteiger partial charge in [-0.2, -0.15) is 0 Å². The normalized spacial score (nSPS) is 9.69. The summed E-state index contributed by atoms with van der Waals surface area (Å²) in [5, 5.41) is 11.1. The second-order valence-corrected chi connectivity index (χ2v) is 2.85. The highest BCUT2D eigenvalue weighted by atomic mass is 16.5. The molecule has 4 heteroatoms. The molecular formula is C9H19NO3. The van der Waals surface area contributed by atoms with Crippen LogP contribution in [0.3, 0.4) is 0 Å². The summed E-state index contributed by atoms with van der Waals surface area (Å²) < 4.78 is 4.85. The van der Waals surface area contributed by atoms with Crippen molar-refractivity contribution >= 4 is 6.09 Å². The molecule has 78 valence electrons. The summed E-state index contributed by atoms with van der Waals surface area (Å²) in [4.78, 5) is 10.9. The van der Waals surface area contributed by atoms with Gasteiger partial charge in [0, 0.05) is 13.2 Å². The fourth-order valence-electron chi connectivity index (χ4n) is 0.787. The summed E-state index contributed by atoms with van der Waals surface area (Å²) in [5.41, 5.74) is 0. The van der Waals surface area contributed by atoms with Gasteiger partial charge in [0.15, 0.2) is 0 Å². The Morgan fingerprint density at radius 1 is 1.38 bits per heavy atom. The lowest BCUT2D eigenvalue weighted by molar-refractivity contribution is 0.144. The van der Waals surface area contributed by atoms with Gasteiger partial charge in [-0.3, -0.25) is 0 Å². The molecule has 2 N–H and O–H groups in total.